The Morgan fingerprint density at radius 1 is 1.00 bits per heavy atom. The molecule has 1 atom stereocenters. The Labute approximate surface area is 186 Å². The number of piperidine rings is 2. The highest BCUT2D eigenvalue weighted by Gasteiger charge is 2.28. The fraction of sp³-hybridized carbons (Fsp3) is 0.667. The smallest absolute Gasteiger partial charge is 0.410 e. The fourth-order valence-electron chi connectivity index (χ4n) is 4.10. The molecule has 7 nitrogen and oxygen atoms in total. The summed E-state index contributed by atoms with van der Waals surface area (Å²) in [5.74, 6) is 0.541. The largest absolute Gasteiger partial charge is 0.445 e. The van der Waals surface area contributed by atoms with Crippen molar-refractivity contribution >= 4 is 12.2 Å². The Bertz CT molecular complexity index is 711. The molecule has 0 spiro atoms. The maximum Gasteiger partial charge on any atom is 0.410 e. The van der Waals surface area contributed by atoms with Crippen LogP contribution in [-0.2, 0) is 16.1 Å². The number of hydrogen-bond donors (Lipinski definition) is 1. The number of amides is 2. The van der Waals surface area contributed by atoms with Gasteiger partial charge in [-0.05, 0) is 64.5 Å². The van der Waals surface area contributed by atoms with Gasteiger partial charge >= 0.3 is 12.2 Å². The second-order valence-corrected chi connectivity index (χ2v) is 9.64. The monoisotopic (exact) mass is 431 g/mol. The zero-order valence-electron chi connectivity index (χ0n) is 19.1. The SMILES string of the molecule is CC(C)(C)OC(=O)N1CCC(CN[C@@H]2CCCN(C(=O)OCc3ccccc3)C2)CC1. The summed E-state index contributed by atoms with van der Waals surface area (Å²) in [6.45, 7) is 9.83. The van der Waals surface area contributed by atoms with Gasteiger partial charge in [0.2, 0.25) is 0 Å². The summed E-state index contributed by atoms with van der Waals surface area (Å²) in [6.07, 6.45) is 3.55. The molecule has 7 heteroatoms. The van der Waals surface area contributed by atoms with Crippen LogP contribution in [0.3, 0.4) is 0 Å². The maximum atomic E-state index is 12.4. The molecule has 1 aromatic carbocycles. The Hall–Kier alpha value is -2.28. The molecule has 172 valence electrons. The van der Waals surface area contributed by atoms with Crippen molar-refractivity contribution in [2.24, 2.45) is 5.92 Å². The van der Waals surface area contributed by atoms with Crippen molar-refractivity contribution in [1.82, 2.24) is 15.1 Å². The van der Waals surface area contributed by atoms with Crippen LogP contribution >= 0.6 is 0 Å². The van der Waals surface area contributed by atoms with E-state index in [1.807, 2.05) is 60.9 Å². The number of carbonyl (C=O) groups is 2. The summed E-state index contributed by atoms with van der Waals surface area (Å²) in [5, 5.41) is 3.65. The van der Waals surface area contributed by atoms with Crippen LogP contribution in [0.1, 0.15) is 52.0 Å². The Morgan fingerprint density at radius 2 is 1.71 bits per heavy atom. The molecule has 0 bridgehead atoms. The highest BCUT2D eigenvalue weighted by atomic mass is 16.6. The second kappa shape index (κ2) is 10.8. The molecular formula is C24H37N3O4. The number of rotatable bonds is 5. The third kappa shape index (κ3) is 7.73. The predicted molar refractivity (Wildman–Crippen MR) is 120 cm³/mol. The molecule has 2 aliphatic rings. The molecule has 0 aliphatic carbocycles. The average Bonchev–Trinajstić information content (AvgIpc) is 2.76. The summed E-state index contributed by atoms with van der Waals surface area (Å²) in [7, 11) is 0. The van der Waals surface area contributed by atoms with Crippen molar-refractivity contribution in [2.75, 3.05) is 32.7 Å². The first-order chi connectivity index (χ1) is 14.8. The number of ether oxygens (including phenoxy) is 2. The molecule has 0 aromatic heterocycles. The molecule has 2 saturated heterocycles. The van der Waals surface area contributed by atoms with E-state index in [4.69, 9.17) is 9.47 Å². The quantitative estimate of drug-likeness (QED) is 0.762. The lowest BCUT2D eigenvalue weighted by molar-refractivity contribution is 0.0182. The van der Waals surface area contributed by atoms with Crippen LogP contribution in [0.25, 0.3) is 0 Å². The van der Waals surface area contributed by atoms with Crippen LogP contribution in [-0.4, -0.2) is 66.4 Å². The number of likely N-dealkylation sites (tertiary alicyclic amines) is 2. The van der Waals surface area contributed by atoms with Crippen LogP contribution in [0.15, 0.2) is 30.3 Å². The van der Waals surface area contributed by atoms with Gasteiger partial charge in [-0.3, -0.25) is 0 Å². The molecule has 0 saturated carbocycles. The molecule has 31 heavy (non-hydrogen) atoms. The summed E-state index contributed by atoms with van der Waals surface area (Å²) >= 11 is 0. The predicted octanol–water partition coefficient (Wildman–Crippen LogP) is 4.02. The first kappa shape index (κ1) is 23.4. The zero-order valence-corrected chi connectivity index (χ0v) is 19.1. The summed E-state index contributed by atoms with van der Waals surface area (Å²) in [4.78, 5) is 28.3. The number of carbonyl (C=O) groups excluding carboxylic acids is 2. The van der Waals surface area contributed by atoms with E-state index in [0.717, 1.165) is 57.4 Å². The third-order valence-corrected chi connectivity index (χ3v) is 5.85. The molecule has 3 rings (SSSR count). The minimum absolute atomic E-state index is 0.212. The van der Waals surface area contributed by atoms with Crippen LogP contribution in [0.2, 0.25) is 0 Å². The second-order valence-electron chi connectivity index (χ2n) is 9.64. The van der Waals surface area contributed by atoms with E-state index >= 15 is 0 Å². The van der Waals surface area contributed by atoms with Crippen molar-refractivity contribution in [1.29, 1.82) is 0 Å². The molecule has 1 N–H and O–H groups in total. The van der Waals surface area contributed by atoms with Crippen molar-refractivity contribution in [2.45, 2.75) is 64.7 Å². The van der Waals surface area contributed by atoms with Gasteiger partial charge in [0.25, 0.3) is 0 Å². The number of benzene rings is 1. The van der Waals surface area contributed by atoms with Gasteiger partial charge in [-0.1, -0.05) is 30.3 Å². The lowest BCUT2D eigenvalue weighted by atomic mass is 9.96. The van der Waals surface area contributed by atoms with E-state index in [1.54, 1.807) is 0 Å². The van der Waals surface area contributed by atoms with Gasteiger partial charge in [0, 0.05) is 32.2 Å². The molecule has 0 unspecified atom stereocenters. The standard InChI is InChI=1S/C24H37N3O4/c1-24(2,3)31-23(29)26-14-11-19(12-15-26)16-25-21-10-7-13-27(17-21)22(28)30-18-20-8-5-4-6-9-20/h4-6,8-9,19,21,25H,7,10-18H2,1-3H3/t21-/m1/s1. The number of hydrogen-bond acceptors (Lipinski definition) is 5. The van der Waals surface area contributed by atoms with Gasteiger partial charge in [0.05, 0.1) is 0 Å². The molecule has 2 aliphatic heterocycles. The number of nitrogens with one attached hydrogen (secondary N) is 1. The van der Waals surface area contributed by atoms with E-state index in [2.05, 4.69) is 5.32 Å². The van der Waals surface area contributed by atoms with Crippen molar-refractivity contribution in [3.63, 3.8) is 0 Å². The van der Waals surface area contributed by atoms with E-state index in [1.165, 1.54) is 0 Å². The van der Waals surface area contributed by atoms with Gasteiger partial charge in [0.1, 0.15) is 12.2 Å². The summed E-state index contributed by atoms with van der Waals surface area (Å²) < 4.78 is 11.0. The molecule has 0 radical (unpaired) electrons. The van der Waals surface area contributed by atoms with E-state index in [0.29, 0.717) is 25.1 Å². The van der Waals surface area contributed by atoms with Crippen molar-refractivity contribution in [3.05, 3.63) is 35.9 Å². The minimum atomic E-state index is -0.454. The van der Waals surface area contributed by atoms with E-state index < -0.39 is 5.60 Å². The normalized spacial score (nSPS) is 20.4. The van der Waals surface area contributed by atoms with Gasteiger partial charge in [0.15, 0.2) is 0 Å². The first-order valence-corrected chi connectivity index (χ1v) is 11.5. The lowest BCUT2D eigenvalue weighted by Gasteiger charge is -2.36. The zero-order chi connectivity index (χ0) is 22.3. The highest BCUT2D eigenvalue weighted by molar-refractivity contribution is 5.68. The lowest BCUT2D eigenvalue weighted by Crippen LogP contribution is -2.50. The fourth-order valence-corrected chi connectivity index (χ4v) is 4.10. The topological polar surface area (TPSA) is 71.1 Å². The van der Waals surface area contributed by atoms with Gasteiger partial charge in [-0.25, -0.2) is 9.59 Å². The Kier molecular flexibility index (Phi) is 8.18. The third-order valence-electron chi connectivity index (χ3n) is 5.85. The Morgan fingerprint density at radius 3 is 2.39 bits per heavy atom. The van der Waals surface area contributed by atoms with Crippen LogP contribution in [0.4, 0.5) is 9.59 Å². The number of nitrogens with zero attached hydrogens (tertiary/aromatic N) is 2. The van der Waals surface area contributed by atoms with Gasteiger partial charge in [-0.15, -0.1) is 0 Å². The van der Waals surface area contributed by atoms with Crippen LogP contribution in [0, 0.1) is 5.92 Å². The van der Waals surface area contributed by atoms with Gasteiger partial charge in [-0.2, -0.15) is 0 Å². The summed E-state index contributed by atoms with van der Waals surface area (Å²) in [6, 6.07) is 10.1. The van der Waals surface area contributed by atoms with Gasteiger partial charge < -0.3 is 24.6 Å². The Balaban J connectivity index is 1.35. The summed E-state index contributed by atoms with van der Waals surface area (Å²) in [5.41, 5.74) is 0.546. The highest BCUT2D eigenvalue weighted by Crippen LogP contribution is 2.20. The molecule has 2 fully saturated rings. The average molecular weight is 432 g/mol. The minimum Gasteiger partial charge on any atom is -0.445 e. The first-order valence-electron chi connectivity index (χ1n) is 11.5. The molecule has 2 amide bonds. The van der Waals surface area contributed by atoms with E-state index in [-0.39, 0.29) is 12.2 Å². The maximum absolute atomic E-state index is 12.4. The molecular weight excluding hydrogens is 394 g/mol. The molecule has 1 aromatic rings. The van der Waals surface area contributed by atoms with Crippen molar-refractivity contribution in [3.8, 4) is 0 Å². The van der Waals surface area contributed by atoms with E-state index in [9.17, 15) is 9.59 Å². The molecule has 2 heterocycles. The van der Waals surface area contributed by atoms with Crippen LogP contribution < -0.4 is 5.32 Å². The van der Waals surface area contributed by atoms with Crippen molar-refractivity contribution < 1.29 is 19.1 Å². The van der Waals surface area contributed by atoms with Crippen LogP contribution in [0.5, 0.6) is 0 Å².